The second-order valence-corrected chi connectivity index (χ2v) is 12.0. The first-order chi connectivity index (χ1) is 20.9. The van der Waals surface area contributed by atoms with Gasteiger partial charge in [-0.3, -0.25) is 0 Å². The molecule has 1 saturated carbocycles. The molecule has 0 radical (unpaired) electrons. The van der Waals surface area contributed by atoms with Gasteiger partial charge in [0.05, 0.1) is 23.3 Å². The zero-order valence-corrected chi connectivity index (χ0v) is 27.6. The Morgan fingerprint density at radius 1 is 1.11 bits per heavy atom. The van der Waals surface area contributed by atoms with Crippen molar-refractivity contribution in [2.24, 2.45) is 0 Å². The highest BCUT2D eigenvalue weighted by Gasteiger charge is 2.40. The van der Waals surface area contributed by atoms with E-state index in [1.807, 2.05) is 30.1 Å². The van der Waals surface area contributed by atoms with Crippen LogP contribution in [-0.4, -0.2) is 60.4 Å². The van der Waals surface area contributed by atoms with Crippen molar-refractivity contribution in [3.8, 4) is 5.75 Å². The number of hydrogen-bond donors (Lipinski definition) is 0. The van der Waals surface area contributed by atoms with Gasteiger partial charge in [0.1, 0.15) is 17.5 Å². The van der Waals surface area contributed by atoms with Crippen LogP contribution in [0.25, 0.3) is 0 Å². The van der Waals surface area contributed by atoms with Gasteiger partial charge in [0.15, 0.2) is 5.69 Å². The van der Waals surface area contributed by atoms with Crippen molar-refractivity contribution in [3.63, 3.8) is 0 Å². The lowest BCUT2D eigenvalue weighted by Crippen LogP contribution is -2.43. The Balaban J connectivity index is 0.000000790. The van der Waals surface area contributed by atoms with Gasteiger partial charge in [-0.2, -0.15) is 13.2 Å². The van der Waals surface area contributed by atoms with Crippen molar-refractivity contribution in [1.82, 2.24) is 9.29 Å². The first-order valence-electron chi connectivity index (χ1n) is 14.5. The van der Waals surface area contributed by atoms with Crippen molar-refractivity contribution in [3.05, 3.63) is 46.2 Å². The second kappa shape index (κ2) is 16.4. The number of rotatable bonds is 6. The number of aromatic nitrogens is 1. The number of alkyl halides is 7. The average Bonchev–Trinajstić information content (AvgIpc) is 3.13. The minimum atomic E-state index is -4.75. The van der Waals surface area contributed by atoms with Crippen LogP contribution in [0.15, 0.2) is 29.2 Å². The standard InChI is InChI=1S/C24H25ClF5N3O3S.C4H8F2.C2H6/c1-32-9-10-33(15-5-7-23(26,27)8-6-15)17-11-16(24(28,29)30)18(12-19(17)37-32)36-13-14-3-4-20(25)31-21(14)22(34)35-2;1-3-4(2,5)6;1-2/h3-4,11-12,15H,5-10,13H2,1-2H3;3H2,1-2H3;1-2H3. The number of anilines is 1. The molecule has 1 aromatic heterocycles. The molecule has 45 heavy (non-hydrogen) atoms. The summed E-state index contributed by atoms with van der Waals surface area (Å²) in [6.45, 7) is 6.91. The molecule has 1 aromatic carbocycles. The van der Waals surface area contributed by atoms with E-state index < -0.39 is 41.9 Å². The molecule has 0 N–H and O–H groups in total. The van der Waals surface area contributed by atoms with E-state index in [1.54, 1.807) is 0 Å². The van der Waals surface area contributed by atoms with Crippen molar-refractivity contribution in [2.75, 3.05) is 32.1 Å². The number of esters is 1. The summed E-state index contributed by atoms with van der Waals surface area (Å²) >= 11 is 7.12. The highest BCUT2D eigenvalue weighted by atomic mass is 35.5. The van der Waals surface area contributed by atoms with Crippen LogP contribution in [0.1, 0.15) is 81.4 Å². The number of ether oxygens (including phenoxy) is 2. The van der Waals surface area contributed by atoms with Crippen LogP contribution < -0.4 is 9.64 Å². The summed E-state index contributed by atoms with van der Waals surface area (Å²) in [6, 6.07) is 4.88. The molecule has 0 saturated heterocycles. The van der Waals surface area contributed by atoms with Gasteiger partial charge < -0.3 is 14.4 Å². The minimum Gasteiger partial charge on any atom is -0.488 e. The maximum Gasteiger partial charge on any atom is 0.420 e. The third-order valence-corrected chi connectivity index (χ3v) is 8.27. The molecule has 4 rings (SSSR count). The summed E-state index contributed by atoms with van der Waals surface area (Å²) in [5.41, 5.74) is -0.613. The number of fused-ring (bicyclic) bond motifs is 1. The largest absolute Gasteiger partial charge is 0.488 e. The number of benzene rings is 1. The SMILES string of the molecule is CC.CCC(C)(F)F.COC(=O)c1nc(Cl)ccc1COc1cc2c(cc1C(F)(F)F)N(C1CCC(F)(F)CC1)CCN(C)S2. The monoisotopic (exact) mass is 689 g/mol. The lowest BCUT2D eigenvalue weighted by Gasteiger charge is -2.38. The molecule has 0 bridgehead atoms. The summed E-state index contributed by atoms with van der Waals surface area (Å²) < 4.78 is 105. The molecular weight excluding hydrogens is 651 g/mol. The maximum atomic E-state index is 14.2. The Labute approximate surface area is 268 Å². The Bertz CT molecular complexity index is 1270. The molecule has 0 spiro atoms. The van der Waals surface area contributed by atoms with Crippen LogP contribution in [0.5, 0.6) is 5.75 Å². The molecule has 1 aliphatic carbocycles. The normalized spacial score (nSPS) is 17.2. The van der Waals surface area contributed by atoms with Crippen LogP contribution >= 0.6 is 23.5 Å². The van der Waals surface area contributed by atoms with Crippen LogP contribution in [0.4, 0.5) is 36.4 Å². The predicted molar refractivity (Wildman–Crippen MR) is 162 cm³/mol. The Hall–Kier alpha value is -2.45. The predicted octanol–water partition coefficient (Wildman–Crippen LogP) is 9.53. The number of hydrogen-bond acceptors (Lipinski definition) is 7. The molecule has 0 unspecified atom stereocenters. The van der Waals surface area contributed by atoms with E-state index in [2.05, 4.69) is 9.72 Å². The smallest absolute Gasteiger partial charge is 0.420 e. The Kier molecular flexibility index (Phi) is 14.1. The van der Waals surface area contributed by atoms with Crippen LogP contribution in [0.3, 0.4) is 0 Å². The molecule has 2 heterocycles. The fourth-order valence-corrected chi connectivity index (χ4v) is 5.58. The van der Waals surface area contributed by atoms with E-state index in [1.165, 1.54) is 37.1 Å². The van der Waals surface area contributed by atoms with Gasteiger partial charge in [0, 0.05) is 44.0 Å². The van der Waals surface area contributed by atoms with Gasteiger partial charge in [-0.25, -0.2) is 31.6 Å². The molecule has 2 aliphatic rings. The fourth-order valence-electron chi connectivity index (χ4n) is 4.50. The molecule has 1 fully saturated rings. The van der Waals surface area contributed by atoms with Crippen molar-refractivity contribution < 1.29 is 45.0 Å². The molecule has 254 valence electrons. The molecule has 0 amide bonds. The van der Waals surface area contributed by atoms with E-state index in [4.69, 9.17) is 16.3 Å². The van der Waals surface area contributed by atoms with Crippen molar-refractivity contribution >= 4 is 35.2 Å². The minimum absolute atomic E-state index is 0.0187. The van der Waals surface area contributed by atoms with E-state index >= 15 is 0 Å². The number of carbonyl (C=O) groups is 1. The summed E-state index contributed by atoms with van der Waals surface area (Å²) in [6.07, 6.45) is -5.01. The number of halogens is 8. The van der Waals surface area contributed by atoms with E-state index in [9.17, 15) is 35.5 Å². The van der Waals surface area contributed by atoms with Gasteiger partial charge in [-0.15, -0.1) is 0 Å². The first-order valence-corrected chi connectivity index (χ1v) is 15.6. The summed E-state index contributed by atoms with van der Waals surface area (Å²) in [5, 5.41) is 0.0187. The zero-order chi connectivity index (χ0) is 34.2. The highest BCUT2D eigenvalue weighted by Crippen LogP contribution is 2.47. The second-order valence-electron chi connectivity index (χ2n) is 10.4. The van der Waals surface area contributed by atoms with E-state index in [-0.39, 0.29) is 54.6 Å². The topological polar surface area (TPSA) is 54.9 Å². The van der Waals surface area contributed by atoms with Gasteiger partial charge in [0.25, 0.3) is 0 Å². The van der Waals surface area contributed by atoms with Crippen LogP contribution in [0.2, 0.25) is 5.15 Å². The van der Waals surface area contributed by atoms with Crippen molar-refractivity contribution in [1.29, 1.82) is 0 Å². The van der Waals surface area contributed by atoms with Gasteiger partial charge >= 0.3 is 12.1 Å². The first kappa shape index (κ1) is 38.7. The van der Waals surface area contributed by atoms with E-state index in [0.717, 1.165) is 20.1 Å². The molecule has 0 atom stereocenters. The maximum absolute atomic E-state index is 14.2. The fraction of sp³-hybridized carbons (Fsp3) is 0.600. The molecule has 15 heteroatoms. The Morgan fingerprint density at radius 2 is 1.71 bits per heavy atom. The third-order valence-electron chi connectivity index (χ3n) is 7.04. The van der Waals surface area contributed by atoms with Crippen LogP contribution in [0, 0.1) is 0 Å². The highest BCUT2D eigenvalue weighted by molar-refractivity contribution is 7.97. The quantitative estimate of drug-likeness (QED) is 0.130. The number of methoxy groups -OCH3 is 1. The average molecular weight is 690 g/mol. The summed E-state index contributed by atoms with van der Waals surface area (Å²) in [5.74, 6) is -6.43. The lowest BCUT2D eigenvalue weighted by molar-refractivity contribution is -0.139. The van der Waals surface area contributed by atoms with Crippen molar-refractivity contribution in [2.45, 2.75) is 95.4 Å². The number of likely N-dealkylation sites (N-methyl/N-ethyl adjacent to an activating group) is 1. The van der Waals surface area contributed by atoms with Gasteiger partial charge in [-0.05, 0) is 57.0 Å². The molecule has 2 aromatic rings. The number of carbonyl (C=O) groups excluding carboxylic acids is 1. The van der Waals surface area contributed by atoms with E-state index in [0.29, 0.717) is 23.7 Å². The summed E-state index contributed by atoms with van der Waals surface area (Å²) in [7, 11) is 2.96. The third kappa shape index (κ3) is 11.4. The molecule has 1 aliphatic heterocycles. The summed E-state index contributed by atoms with van der Waals surface area (Å²) in [4.78, 5) is 18.3. The van der Waals surface area contributed by atoms with Crippen LogP contribution in [-0.2, 0) is 17.5 Å². The number of nitrogens with zero attached hydrogens (tertiary/aromatic N) is 3. The van der Waals surface area contributed by atoms with Gasteiger partial charge in [0.2, 0.25) is 11.8 Å². The molecule has 6 nitrogen and oxygen atoms in total. The lowest BCUT2D eigenvalue weighted by atomic mass is 9.90. The Morgan fingerprint density at radius 3 is 2.24 bits per heavy atom. The molecular formula is C30H39ClF7N3O3S. The number of pyridine rings is 1. The van der Waals surface area contributed by atoms with Gasteiger partial charge in [-0.1, -0.05) is 38.4 Å². The zero-order valence-electron chi connectivity index (χ0n) is 26.0.